The van der Waals surface area contributed by atoms with Crippen LogP contribution in [0.5, 0.6) is 0 Å². The average molecular weight is 415 g/mol. The summed E-state index contributed by atoms with van der Waals surface area (Å²) in [5.74, 6) is 0. The molecule has 2 aromatic carbocycles. The van der Waals surface area contributed by atoms with Gasteiger partial charge in [0, 0.05) is 30.3 Å². The van der Waals surface area contributed by atoms with Crippen LogP contribution in [0, 0.1) is 19.6 Å². The Bertz CT molecular complexity index is 740. The third kappa shape index (κ3) is 1.87. The van der Waals surface area contributed by atoms with Crippen molar-refractivity contribution >= 4 is 38.0 Å². The molecule has 0 unspecified atom stereocenters. The van der Waals surface area contributed by atoms with Crippen molar-refractivity contribution < 1.29 is 20.1 Å². The number of thiazole rings is 1. The summed E-state index contributed by atoms with van der Waals surface area (Å²) in [5.41, 5.74) is 1.65. The van der Waals surface area contributed by atoms with Crippen molar-refractivity contribution in [3.05, 3.63) is 46.8 Å². The molecule has 1 heterocycles. The maximum absolute atomic E-state index is 7.20. The molecule has 0 spiro atoms. The molecule has 4 heteroatoms. The first kappa shape index (κ1) is 12.2. The maximum Gasteiger partial charge on any atom is 0.154 e. The molecule has 0 N–H and O–H groups in total. The molecule has 0 aliphatic carbocycles. The van der Waals surface area contributed by atoms with E-state index in [1.807, 2.05) is 31.2 Å². The van der Waals surface area contributed by atoms with E-state index >= 15 is 0 Å². The van der Waals surface area contributed by atoms with Crippen molar-refractivity contribution in [2.75, 3.05) is 0 Å². The van der Waals surface area contributed by atoms with Gasteiger partial charge in [-0.1, -0.05) is 6.07 Å². The molecular formula is C13H7IrN2S-. The first-order valence-corrected chi connectivity index (χ1v) is 5.69. The molecule has 0 saturated heterocycles. The van der Waals surface area contributed by atoms with Crippen LogP contribution < -0.4 is 0 Å². The van der Waals surface area contributed by atoms with Gasteiger partial charge < -0.3 is 0 Å². The number of aryl methyl sites for hydroxylation is 1. The minimum atomic E-state index is 0. The average Bonchev–Trinajstić information content (AvgIpc) is 2.68. The molecule has 0 aliphatic heterocycles. The summed E-state index contributed by atoms with van der Waals surface area (Å²) in [7, 11) is 0. The van der Waals surface area contributed by atoms with Gasteiger partial charge in [0.2, 0.25) is 0 Å². The second-order valence-corrected chi connectivity index (χ2v) is 4.78. The molecular weight excluding hydrogens is 408 g/mol. The zero-order valence-corrected chi connectivity index (χ0v) is 12.2. The number of hydrogen-bond acceptors (Lipinski definition) is 2. The number of rotatable bonds is 0. The van der Waals surface area contributed by atoms with E-state index in [1.165, 1.54) is 0 Å². The summed E-state index contributed by atoms with van der Waals surface area (Å²) < 4.78 is 1.07. The van der Waals surface area contributed by atoms with E-state index < -0.39 is 0 Å². The molecule has 3 rings (SSSR count). The van der Waals surface area contributed by atoms with Gasteiger partial charge in [-0.3, -0.25) is 4.98 Å². The summed E-state index contributed by atoms with van der Waals surface area (Å²) >= 11 is 1.62. The van der Waals surface area contributed by atoms with Gasteiger partial charge in [0.25, 0.3) is 0 Å². The molecule has 1 aromatic heterocycles. The molecule has 0 bridgehead atoms. The van der Waals surface area contributed by atoms with Crippen LogP contribution in [0.2, 0.25) is 0 Å². The standard InChI is InChI=1S/C13H7N2S.Ir/c1-8-15-13-10-6-4-3-5-9(10)11(14-2)7-12(13)16-8;/h3-5,7H,1H3;/q-1;. The largest absolute Gasteiger partial charge is 0.290 e. The predicted octanol–water partition coefficient (Wildman–Crippen LogP) is 4.11. The van der Waals surface area contributed by atoms with Gasteiger partial charge in [-0.25, -0.2) is 4.85 Å². The Labute approximate surface area is 116 Å². The first-order valence-electron chi connectivity index (χ1n) is 4.87. The third-order valence-corrected chi connectivity index (χ3v) is 3.44. The summed E-state index contributed by atoms with van der Waals surface area (Å²) in [5, 5.41) is 2.92. The van der Waals surface area contributed by atoms with Gasteiger partial charge in [0.1, 0.15) is 0 Å². The van der Waals surface area contributed by atoms with Crippen molar-refractivity contribution in [1.82, 2.24) is 4.98 Å². The van der Waals surface area contributed by atoms with E-state index in [-0.39, 0.29) is 20.1 Å². The number of benzene rings is 2. The zero-order chi connectivity index (χ0) is 11.1. The molecule has 0 aliphatic rings. The fourth-order valence-corrected chi connectivity index (χ4v) is 2.73. The Morgan fingerprint density at radius 2 is 2.29 bits per heavy atom. The Hall–Kier alpha value is -1.27. The molecule has 0 amide bonds. The first-order chi connectivity index (χ1) is 7.79. The quantitative estimate of drug-likeness (QED) is 0.505. The normalized spacial score (nSPS) is 10.1. The molecule has 0 atom stereocenters. The Morgan fingerprint density at radius 3 is 3.06 bits per heavy atom. The third-order valence-electron chi connectivity index (χ3n) is 2.52. The second kappa shape index (κ2) is 4.54. The smallest absolute Gasteiger partial charge is 0.154 e. The van der Waals surface area contributed by atoms with Crippen molar-refractivity contribution in [1.29, 1.82) is 0 Å². The maximum atomic E-state index is 7.20. The van der Waals surface area contributed by atoms with Crippen LogP contribution in [0.1, 0.15) is 5.01 Å². The predicted molar refractivity (Wildman–Crippen MR) is 67.0 cm³/mol. The molecule has 1 radical (unpaired) electrons. The Kier molecular flexibility index (Phi) is 3.26. The summed E-state index contributed by atoms with van der Waals surface area (Å²) in [6.07, 6.45) is 0. The van der Waals surface area contributed by atoms with Gasteiger partial charge >= 0.3 is 0 Å². The molecule has 0 saturated carbocycles. The van der Waals surface area contributed by atoms with Crippen LogP contribution in [-0.4, -0.2) is 4.98 Å². The van der Waals surface area contributed by atoms with Crippen molar-refractivity contribution in [3.63, 3.8) is 0 Å². The van der Waals surface area contributed by atoms with Gasteiger partial charge in [0.05, 0.1) is 11.6 Å². The minimum absolute atomic E-state index is 0. The topological polar surface area (TPSA) is 17.2 Å². The van der Waals surface area contributed by atoms with E-state index in [9.17, 15) is 0 Å². The number of aromatic nitrogens is 1. The second-order valence-electron chi connectivity index (χ2n) is 3.55. The van der Waals surface area contributed by atoms with Gasteiger partial charge in [0.15, 0.2) is 5.69 Å². The Balaban J connectivity index is 0.00000108. The van der Waals surface area contributed by atoms with Gasteiger partial charge in [-0.05, 0) is 6.92 Å². The van der Waals surface area contributed by atoms with Crippen LogP contribution in [0.25, 0.3) is 25.8 Å². The van der Waals surface area contributed by atoms with E-state index in [4.69, 9.17) is 6.57 Å². The minimum Gasteiger partial charge on any atom is -0.290 e. The number of fused-ring (bicyclic) bond motifs is 3. The fourth-order valence-electron chi connectivity index (χ4n) is 1.86. The van der Waals surface area contributed by atoms with E-state index in [0.29, 0.717) is 5.69 Å². The monoisotopic (exact) mass is 416 g/mol. The number of nitrogens with zero attached hydrogens (tertiary/aromatic N) is 2. The van der Waals surface area contributed by atoms with Gasteiger partial charge in [-0.2, -0.15) is 0 Å². The van der Waals surface area contributed by atoms with Crippen molar-refractivity contribution in [2.45, 2.75) is 6.92 Å². The van der Waals surface area contributed by atoms with Gasteiger partial charge in [-0.15, -0.1) is 46.4 Å². The summed E-state index contributed by atoms with van der Waals surface area (Å²) in [6, 6.07) is 10.8. The number of hydrogen-bond donors (Lipinski definition) is 0. The zero-order valence-electron chi connectivity index (χ0n) is 8.95. The molecule has 0 fully saturated rings. The van der Waals surface area contributed by atoms with E-state index in [2.05, 4.69) is 15.9 Å². The summed E-state index contributed by atoms with van der Waals surface area (Å²) in [6.45, 7) is 9.19. The van der Waals surface area contributed by atoms with Crippen molar-refractivity contribution in [3.8, 4) is 0 Å². The van der Waals surface area contributed by atoms with Crippen LogP contribution in [0.4, 0.5) is 5.69 Å². The SMILES string of the molecule is [C-]#[N+]c1cc2sc(C)nc2c2[c-]cccc12.[Ir]. The molecule has 3 aromatic rings. The van der Waals surface area contributed by atoms with Crippen LogP contribution >= 0.6 is 11.3 Å². The van der Waals surface area contributed by atoms with Crippen LogP contribution in [0.15, 0.2) is 24.3 Å². The molecule has 17 heavy (non-hydrogen) atoms. The molecule has 85 valence electrons. The van der Waals surface area contributed by atoms with Crippen LogP contribution in [0.3, 0.4) is 0 Å². The summed E-state index contributed by atoms with van der Waals surface area (Å²) in [4.78, 5) is 8.07. The fraction of sp³-hybridized carbons (Fsp3) is 0.0769. The van der Waals surface area contributed by atoms with Crippen molar-refractivity contribution in [2.24, 2.45) is 0 Å². The Morgan fingerprint density at radius 1 is 1.47 bits per heavy atom. The van der Waals surface area contributed by atoms with Crippen LogP contribution in [-0.2, 0) is 20.1 Å². The van der Waals surface area contributed by atoms with E-state index in [1.54, 1.807) is 11.3 Å². The van der Waals surface area contributed by atoms with E-state index in [0.717, 1.165) is 26.0 Å². The molecule has 2 nitrogen and oxygen atoms in total.